The number of aryl methyl sites for hydroxylation is 1. The van der Waals surface area contributed by atoms with Crippen molar-refractivity contribution in [3.05, 3.63) is 41.6 Å². The lowest BCUT2D eigenvalue weighted by atomic mass is 10.1. The Kier molecular flexibility index (Phi) is 3.37. The molecule has 1 aromatic carbocycles. The highest BCUT2D eigenvalue weighted by molar-refractivity contribution is 6.04. The van der Waals surface area contributed by atoms with E-state index in [9.17, 15) is 9.59 Å². The van der Waals surface area contributed by atoms with Crippen molar-refractivity contribution in [2.24, 2.45) is 0 Å². The standard InChI is InChI=1S/C14H13NO3/c1-9-7-12(14(17)18-8-10(2)16)11-5-3-4-6-13(11)15-9/h3-7H,8H2,1-2H3. The number of pyridine rings is 1. The number of para-hydroxylation sites is 1. The van der Waals surface area contributed by atoms with E-state index in [0.29, 0.717) is 5.56 Å². The first-order chi connectivity index (χ1) is 8.58. The van der Waals surface area contributed by atoms with Gasteiger partial charge >= 0.3 is 5.97 Å². The smallest absolute Gasteiger partial charge is 0.339 e. The van der Waals surface area contributed by atoms with Gasteiger partial charge in [-0.05, 0) is 26.0 Å². The monoisotopic (exact) mass is 243 g/mol. The lowest BCUT2D eigenvalue weighted by Gasteiger charge is -2.07. The predicted octanol–water partition coefficient (Wildman–Crippen LogP) is 2.29. The molecule has 0 N–H and O–H groups in total. The minimum absolute atomic E-state index is 0.182. The molecule has 92 valence electrons. The highest BCUT2D eigenvalue weighted by atomic mass is 16.5. The van der Waals surface area contributed by atoms with Gasteiger partial charge in [-0.3, -0.25) is 9.78 Å². The number of benzene rings is 1. The summed E-state index contributed by atoms with van der Waals surface area (Å²) in [6.07, 6.45) is 0. The van der Waals surface area contributed by atoms with Crippen molar-refractivity contribution in [3.8, 4) is 0 Å². The number of Topliss-reactive ketones (excluding diaryl/α,β-unsaturated/α-hetero) is 1. The number of aromatic nitrogens is 1. The Bertz CT molecular complexity index is 619. The third kappa shape index (κ3) is 2.53. The first-order valence-electron chi connectivity index (χ1n) is 5.61. The largest absolute Gasteiger partial charge is 0.454 e. The minimum Gasteiger partial charge on any atom is -0.454 e. The molecule has 0 bridgehead atoms. The summed E-state index contributed by atoms with van der Waals surface area (Å²) in [5, 5.41) is 0.733. The van der Waals surface area contributed by atoms with Gasteiger partial charge in [0.2, 0.25) is 0 Å². The lowest BCUT2D eigenvalue weighted by Crippen LogP contribution is -2.12. The number of hydrogen-bond acceptors (Lipinski definition) is 4. The fourth-order valence-corrected chi connectivity index (χ4v) is 1.72. The Morgan fingerprint density at radius 1 is 1.28 bits per heavy atom. The Labute approximate surface area is 105 Å². The van der Waals surface area contributed by atoms with Crippen molar-refractivity contribution in [2.45, 2.75) is 13.8 Å². The van der Waals surface area contributed by atoms with Gasteiger partial charge in [0.15, 0.2) is 5.78 Å². The van der Waals surface area contributed by atoms with Crippen molar-refractivity contribution >= 4 is 22.7 Å². The zero-order valence-corrected chi connectivity index (χ0v) is 10.3. The summed E-state index contributed by atoms with van der Waals surface area (Å²) in [6.45, 7) is 2.99. The number of fused-ring (bicyclic) bond motifs is 1. The lowest BCUT2D eigenvalue weighted by molar-refractivity contribution is -0.120. The molecule has 0 aliphatic rings. The number of nitrogens with zero attached hydrogens (tertiary/aromatic N) is 1. The van der Waals surface area contributed by atoms with E-state index >= 15 is 0 Å². The number of rotatable bonds is 3. The summed E-state index contributed by atoms with van der Waals surface area (Å²) >= 11 is 0. The predicted molar refractivity (Wildman–Crippen MR) is 67.4 cm³/mol. The minimum atomic E-state index is -0.494. The molecule has 0 aliphatic carbocycles. The molecule has 0 radical (unpaired) electrons. The highest BCUT2D eigenvalue weighted by Gasteiger charge is 2.13. The number of carbonyl (C=O) groups excluding carboxylic acids is 2. The van der Waals surface area contributed by atoms with Crippen LogP contribution in [0.2, 0.25) is 0 Å². The average molecular weight is 243 g/mol. The van der Waals surface area contributed by atoms with Crippen molar-refractivity contribution in [3.63, 3.8) is 0 Å². The summed E-state index contributed by atoms with van der Waals surface area (Å²) in [5.41, 5.74) is 1.93. The molecule has 4 nitrogen and oxygen atoms in total. The molecule has 0 fully saturated rings. The molecule has 2 aromatic rings. The second-order valence-corrected chi connectivity index (χ2v) is 4.11. The van der Waals surface area contributed by atoms with E-state index < -0.39 is 5.97 Å². The summed E-state index contributed by atoms with van der Waals surface area (Å²) in [4.78, 5) is 27.1. The van der Waals surface area contributed by atoms with Crippen LogP contribution in [0.3, 0.4) is 0 Å². The molecule has 0 saturated carbocycles. The number of ether oxygens (including phenoxy) is 1. The van der Waals surface area contributed by atoms with Gasteiger partial charge in [-0.1, -0.05) is 18.2 Å². The SMILES string of the molecule is CC(=O)COC(=O)c1cc(C)nc2ccccc12. The van der Waals surface area contributed by atoms with Crippen LogP contribution in [-0.4, -0.2) is 23.3 Å². The van der Waals surface area contributed by atoms with Gasteiger partial charge in [0.25, 0.3) is 0 Å². The first kappa shape index (κ1) is 12.2. The van der Waals surface area contributed by atoms with Crippen molar-refractivity contribution in [1.82, 2.24) is 4.98 Å². The maximum atomic E-state index is 11.9. The van der Waals surface area contributed by atoms with Crippen molar-refractivity contribution in [1.29, 1.82) is 0 Å². The molecule has 0 saturated heterocycles. The highest BCUT2D eigenvalue weighted by Crippen LogP contribution is 2.18. The normalized spacial score (nSPS) is 10.3. The second-order valence-electron chi connectivity index (χ2n) is 4.11. The molecular formula is C14H13NO3. The van der Waals surface area contributed by atoms with Crippen LogP contribution in [0.5, 0.6) is 0 Å². The van der Waals surface area contributed by atoms with Crippen molar-refractivity contribution in [2.75, 3.05) is 6.61 Å². The van der Waals surface area contributed by atoms with E-state index in [0.717, 1.165) is 16.6 Å². The molecule has 0 spiro atoms. The van der Waals surface area contributed by atoms with Crippen LogP contribution in [0.15, 0.2) is 30.3 Å². The first-order valence-corrected chi connectivity index (χ1v) is 5.61. The van der Waals surface area contributed by atoms with Gasteiger partial charge in [0.1, 0.15) is 6.61 Å². The molecule has 0 unspecified atom stereocenters. The van der Waals surface area contributed by atoms with Gasteiger partial charge in [0.05, 0.1) is 11.1 Å². The maximum Gasteiger partial charge on any atom is 0.339 e. The van der Waals surface area contributed by atoms with Crippen LogP contribution < -0.4 is 0 Å². The molecule has 4 heteroatoms. The van der Waals surface area contributed by atoms with E-state index in [1.807, 2.05) is 31.2 Å². The molecule has 0 amide bonds. The Balaban J connectivity index is 2.43. The van der Waals surface area contributed by atoms with Crippen LogP contribution >= 0.6 is 0 Å². The number of hydrogen-bond donors (Lipinski definition) is 0. The van der Waals surface area contributed by atoms with Crippen LogP contribution in [0.25, 0.3) is 10.9 Å². The third-order valence-electron chi connectivity index (χ3n) is 2.47. The number of carbonyl (C=O) groups is 2. The number of ketones is 1. The zero-order chi connectivity index (χ0) is 13.1. The topological polar surface area (TPSA) is 56.3 Å². The Morgan fingerprint density at radius 3 is 2.72 bits per heavy atom. The van der Waals surface area contributed by atoms with Crippen LogP contribution in [0.4, 0.5) is 0 Å². The van der Waals surface area contributed by atoms with Crippen LogP contribution in [-0.2, 0) is 9.53 Å². The molecule has 2 rings (SSSR count). The molecule has 0 aliphatic heterocycles. The molecule has 18 heavy (non-hydrogen) atoms. The van der Waals surface area contributed by atoms with E-state index in [-0.39, 0.29) is 12.4 Å². The van der Waals surface area contributed by atoms with E-state index in [1.54, 1.807) is 6.07 Å². The van der Waals surface area contributed by atoms with E-state index in [1.165, 1.54) is 6.92 Å². The molecule has 0 atom stereocenters. The summed E-state index contributed by atoms with van der Waals surface area (Å²) in [7, 11) is 0. The second kappa shape index (κ2) is 4.96. The van der Waals surface area contributed by atoms with E-state index in [2.05, 4.69) is 4.98 Å². The zero-order valence-electron chi connectivity index (χ0n) is 10.3. The summed E-state index contributed by atoms with van der Waals surface area (Å²) in [6, 6.07) is 9.02. The summed E-state index contributed by atoms with van der Waals surface area (Å²) < 4.78 is 4.94. The fraction of sp³-hybridized carbons (Fsp3) is 0.214. The van der Waals surface area contributed by atoms with Crippen LogP contribution in [0, 0.1) is 6.92 Å². The molecule has 1 aromatic heterocycles. The quantitative estimate of drug-likeness (QED) is 0.776. The van der Waals surface area contributed by atoms with Gasteiger partial charge < -0.3 is 4.74 Å². The van der Waals surface area contributed by atoms with Gasteiger partial charge in [-0.15, -0.1) is 0 Å². The number of esters is 1. The third-order valence-corrected chi connectivity index (χ3v) is 2.47. The Morgan fingerprint density at radius 2 is 2.00 bits per heavy atom. The summed E-state index contributed by atoms with van der Waals surface area (Å²) in [5.74, 6) is -0.676. The van der Waals surface area contributed by atoms with Gasteiger partial charge in [0, 0.05) is 11.1 Å². The average Bonchev–Trinajstić information content (AvgIpc) is 2.34. The molecule has 1 heterocycles. The fourth-order valence-electron chi connectivity index (χ4n) is 1.72. The van der Waals surface area contributed by atoms with E-state index in [4.69, 9.17) is 4.74 Å². The van der Waals surface area contributed by atoms with Gasteiger partial charge in [-0.25, -0.2) is 4.79 Å². The molecular weight excluding hydrogens is 230 g/mol. The van der Waals surface area contributed by atoms with Crippen LogP contribution in [0.1, 0.15) is 23.0 Å². The van der Waals surface area contributed by atoms with Gasteiger partial charge in [-0.2, -0.15) is 0 Å². The van der Waals surface area contributed by atoms with Crippen molar-refractivity contribution < 1.29 is 14.3 Å². The Hall–Kier alpha value is -2.23. The maximum absolute atomic E-state index is 11.9.